The molecule has 0 unspecified atom stereocenters. The Morgan fingerprint density at radius 2 is 1.73 bits per heavy atom. The van der Waals surface area contributed by atoms with Gasteiger partial charge in [0.1, 0.15) is 0 Å². The van der Waals surface area contributed by atoms with Crippen LogP contribution < -0.4 is 5.32 Å². The Morgan fingerprint density at radius 3 is 2.20 bits per heavy atom. The summed E-state index contributed by atoms with van der Waals surface area (Å²) in [4.78, 5) is 11.3. The molecule has 92 valence electrons. The average molecular weight is 215 g/mol. The van der Waals surface area contributed by atoms with E-state index in [9.17, 15) is 4.79 Å². The van der Waals surface area contributed by atoms with Crippen molar-refractivity contribution in [2.45, 2.75) is 78.2 Å². The van der Waals surface area contributed by atoms with Crippen molar-refractivity contribution >= 4 is 5.91 Å². The molecular weight excluding hydrogens is 186 g/mol. The van der Waals surface area contributed by atoms with Crippen molar-refractivity contribution < 1.29 is 6.22 Å². The second-order valence-electron chi connectivity index (χ2n) is 4.01. The normalized spacial score (nSPS) is 17.3. The number of carbonyl (C=O) groups is 1. The van der Waals surface area contributed by atoms with Crippen LogP contribution in [0.25, 0.3) is 0 Å². The summed E-state index contributed by atoms with van der Waals surface area (Å²) in [6.07, 6.45) is 9.30. The van der Waals surface area contributed by atoms with Gasteiger partial charge in [0.25, 0.3) is 0 Å². The van der Waals surface area contributed by atoms with Crippen molar-refractivity contribution in [3.63, 3.8) is 0 Å². The fourth-order valence-electron chi connectivity index (χ4n) is 1.95. The second kappa shape index (κ2) is 10.0. The molecule has 1 amide bonds. The van der Waals surface area contributed by atoms with Gasteiger partial charge in [0.15, 0.2) is 0 Å². The first-order chi connectivity index (χ1) is 7.33. The highest BCUT2D eigenvalue weighted by molar-refractivity contribution is 5.76. The molecule has 0 bridgehead atoms. The van der Waals surface area contributed by atoms with Crippen molar-refractivity contribution in [2.24, 2.45) is 0 Å². The minimum atomic E-state index is 0. The molecule has 0 aromatic rings. The maximum atomic E-state index is 11.3. The molecule has 1 aliphatic carbocycles. The summed E-state index contributed by atoms with van der Waals surface area (Å²) in [5.74, 6) is 0.245. The van der Waals surface area contributed by atoms with E-state index in [1.807, 2.05) is 20.8 Å². The maximum absolute atomic E-state index is 11.3. The van der Waals surface area contributed by atoms with E-state index in [-0.39, 0.29) is 7.33 Å². The first kappa shape index (κ1) is 14.5. The summed E-state index contributed by atoms with van der Waals surface area (Å²) >= 11 is 0. The standard InChI is InChI=1S/C11H21NO.C2H6.H2/c1-2-7-11(13)12-10-8-5-3-4-6-9-10;1-2;/h10H,2-9H2,1H3,(H,12,13);1-2H3;1H. The number of rotatable bonds is 3. The number of nitrogens with one attached hydrogen (secondary N) is 1. The monoisotopic (exact) mass is 215 g/mol. The Kier molecular flexibility index (Phi) is 9.65. The second-order valence-corrected chi connectivity index (χ2v) is 4.01. The number of hydrogen-bond acceptors (Lipinski definition) is 1. The molecular formula is C13H29NO. The predicted octanol–water partition coefficient (Wildman–Crippen LogP) is 3.90. The zero-order valence-electron chi connectivity index (χ0n) is 10.6. The van der Waals surface area contributed by atoms with Crippen molar-refractivity contribution in [3.8, 4) is 0 Å². The van der Waals surface area contributed by atoms with Crippen LogP contribution in [0.15, 0.2) is 0 Å². The van der Waals surface area contributed by atoms with Crippen molar-refractivity contribution in [1.82, 2.24) is 5.32 Å². The van der Waals surface area contributed by atoms with Crippen LogP contribution in [-0.2, 0) is 4.79 Å². The third kappa shape index (κ3) is 7.40. The van der Waals surface area contributed by atoms with Gasteiger partial charge in [-0.3, -0.25) is 4.79 Å². The molecule has 1 rings (SSSR count). The van der Waals surface area contributed by atoms with Gasteiger partial charge < -0.3 is 5.32 Å². The number of amides is 1. The molecule has 0 aromatic carbocycles. The minimum absolute atomic E-state index is 0. The Morgan fingerprint density at radius 1 is 1.20 bits per heavy atom. The summed E-state index contributed by atoms with van der Waals surface area (Å²) in [5, 5.41) is 3.12. The highest BCUT2D eigenvalue weighted by atomic mass is 16.1. The molecule has 2 nitrogen and oxygen atoms in total. The van der Waals surface area contributed by atoms with E-state index in [2.05, 4.69) is 5.32 Å². The Labute approximate surface area is 96.3 Å². The quantitative estimate of drug-likeness (QED) is 0.711. The van der Waals surface area contributed by atoms with Crippen LogP contribution in [0.5, 0.6) is 0 Å². The molecule has 1 fully saturated rings. The molecule has 2 heteroatoms. The van der Waals surface area contributed by atoms with E-state index in [1.54, 1.807) is 0 Å². The van der Waals surface area contributed by atoms with Crippen LogP contribution in [-0.4, -0.2) is 11.9 Å². The molecule has 1 saturated carbocycles. The Bertz CT molecular complexity index is 154. The average Bonchev–Trinajstić information content (AvgIpc) is 2.50. The minimum Gasteiger partial charge on any atom is -0.353 e. The lowest BCUT2D eigenvalue weighted by molar-refractivity contribution is -0.121. The summed E-state index contributed by atoms with van der Waals surface area (Å²) in [6, 6.07) is 0.474. The van der Waals surface area contributed by atoms with Crippen molar-refractivity contribution in [3.05, 3.63) is 0 Å². The highest BCUT2D eigenvalue weighted by Gasteiger charge is 2.13. The van der Waals surface area contributed by atoms with Gasteiger partial charge >= 0.3 is 0 Å². The lowest BCUT2D eigenvalue weighted by Crippen LogP contribution is -2.34. The summed E-state index contributed by atoms with van der Waals surface area (Å²) in [7, 11) is 0. The van der Waals surface area contributed by atoms with Crippen molar-refractivity contribution in [1.29, 1.82) is 0 Å². The van der Waals surface area contributed by atoms with Crippen LogP contribution in [0.2, 0.25) is 0 Å². The largest absolute Gasteiger partial charge is 0.353 e. The summed E-state index contributed by atoms with van der Waals surface area (Å²) in [6.45, 7) is 6.05. The van der Waals surface area contributed by atoms with Crippen LogP contribution >= 0.6 is 0 Å². The van der Waals surface area contributed by atoms with E-state index >= 15 is 0 Å². The Balaban J connectivity index is 0. The third-order valence-corrected chi connectivity index (χ3v) is 2.70. The van der Waals surface area contributed by atoms with Crippen LogP contribution in [0, 0.1) is 0 Å². The van der Waals surface area contributed by atoms with E-state index < -0.39 is 0 Å². The van der Waals surface area contributed by atoms with E-state index in [0.717, 1.165) is 6.42 Å². The van der Waals surface area contributed by atoms with Crippen LogP contribution in [0.1, 0.15) is 73.6 Å². The molecule has 1 aliphatic rings. The van der Waals surface area contributed by atoms with Gasteiger partial charge in [-0.15, -0.1) is 0 Å². The molecule has 0 radical (unpaired) electrons. The van der Waals surface area contributed by atoms with Gasteiger partial charge in [0.05, 0.1) is 0 Å². The SMILES string of the molecule is CC.CCCC(=O)NC1CCCCCC1.[HH]. The van der Waals surface area contributed by atoms with E-state index in [4.69, 9.17) is 0 Å². The van der Waals surface area contributed by atoms with Gasteiger partial charge in [-0.05, 0) is 19.3 Å². The fraction of sp³-hybridized carbons (Fsp3) is 0.923. The number of hydrogen-bond donors (Lipinski definition) is 1. The molecule has 0 spiro atoms. The molecule has 15 heavy (non-hydrogen) atoms. The van der Waals surface area contributed by atoms with Crippen LogP contribution in [0.4, 0.5) is 0 Å². The summed E-state index contributed by atoms with van der Waals surface area (Å²) < 4.78 is 0. The topological polar surface area (TPSA) is 29.1 Å². The van der Waals surface area contributed by atoms with Gasteiger partial charge in [-0.2, -0.15) is 0 Å². The van der Waals surface area contributed by atoms with Gasteiger partial charge in [0, 0.05) is 13.9 Å². The zero-order chi connectivity index (χ0) is 11.5. The van der Waals surface area contributed by atoms with Gasteiger partial charge in [-0.25, -0.2) is 0 Å². The molecule has 0 atom stereocenters. The lowest BCUT2D eigenvalue weighted by Gasteiger charge is -2.15. The predicted molar refractivity (Wildman–Crippen MR) is 68.0 cm³/mol. The molecule has 1 N–H and O–H groups in total. The maximum Gasteiger partial charge on any atom is 0.220 e. The zero-order valence-corrected chi connectivity index (χ0v) is 10.6. The van der Waals surface area contributed by atoms with Gasteiger partial charge in [-0.1, -0.05) is 46.5 Å². The Hall–Kier alpha value is -0.530. The highest BCUT2D eigenvalue weighted by Crippen LogP contribution is 2.17. The first-order valence-corrected chi connectivity index (χ1v) is 6.62. The smallest absolute Gasteiger partial charge is 0.220 e. The molecule has 0 aromatic heterocycles. The first-order valence-electron chi connectivity index (χ1n) is 6.62. The summed E-state index contributed by atoms with van der Waals surface area (Å²) in [5.41, 5.74) is 0. The molecule has 0 saturated heterocycles. The van der Waals surface area contributed by atoms with E-state index in [1.165, 1.54) is 38.5 Å². The molecule has 0 aliphatic heterocycles. The third-order valence-electron chi connectivity index (χ3n) is 2.70. The lowest BCUT2D eigenvalue weighted by atomic mass is 10.1. The molecule has 0 heterocycles. The fourth-order valence-corrected chi connectivity index (χ4v) is 1.95. The van der Waals surface area contributed by atoms with Crippen molar-refractivity contribution in [2.75, 3.05) is 0 Å². The van der Waals surface area contributed by atoms with Crippen LogP contribution in [0.3, 0.4) is 0 Å². The van der Waals surface area contributed by atoms with E-state index in [0.29, 0.717) is 12.5 Å². The van der Waals surface area contributed by atoms with Gasteiger partial charge in [0.2, 0.25) is 5.91 Å². The number of carbonyl (C=O) groups excluding carboxylic acids is 1.